The lowest BCUT2D eigenvalue weighted by molar-refractivity contribution is 0.100. The molecule has 0 atom stereocenters. The Balaban J connectivity index is 1.61. The number of anilines is 1. The van der Waals surface area contributed by atoms with Crippen molar-refractivity contribution >= 4 is 22.5 Å². The number of nitrogens with two attached hydrogens (primary N) is 1. The van der Waals surface area contributed by atoms with Crippen LogP contribution in [-0.2, 0) is 0 Å². The van der Waals surface area contributed by atoms with Crippen molar-refractivity contribution in [3.63, 3.8) is 0 Å². The first-order valence-electron chi connectivity index (χ1n) is 10.9. The fraction of sp³-hybridized carbons (Fsp3) is 0.400. The van der Waals surface area contributed by atoms with Gasteiger partial charge in [-0.15, -0.1) is 10.2 Å². The third kappa shape index (κ3) is 4.39. The summed E-state index contributed by atoms with van der Waals surface area (Å²) in [5.41, 5.74) is 7.03. The minimum absolute atomic E-state index is 0.0410. The normalized spacial score (nSPS) is 17.9. The second-order valence-corrected chi connectivity index (χ2v) is 10.1. The summed E-state index contributed by atoms with van der Waals surface area (Å²) in [5.74, 6) is 0.386. The molecule has 7 nitrogen and oxygen atoms in total. The van der Waals surface area contributed by atoms with Crippen LogP contribution < -0.4 is 16.0 Å². The number of phenols is 1. The molecule has 4 N–H and O–H groups in total. The average molecular weight is 434 g/mol. The highest BCUT2D eigenvalue weighted by Gasteiger charge is 2.39. The van der Waals surface area contributed by atoms with E-state index in [2.05, 4.69) is 55.2 Å². The number of aromatic nitrogens is 2. The van der Waals surface area contributed by atoms with Crippen molar-refractivity contribution < 1.29 is 9.90 Å². The summed E-state index contributed by atoms with van der Waals surface area (Å²) in [4.78, 5) is 13.6. The number of rotatable bonds is 4. The van der Waals surface area contributed by atoms with Gasteiger partial charge in [0.25, 0.3) is 0 Å². The summed E-state index contributed by atoms with van der Waals surface area (Å²) >= 11 is 0. The van der Waals surface area contributed by atoms with Crippen LogP contribution in [0.3, 0.4) is 0 Å². The van der Waals surface area contributed by atoms with Crippen molar-refractivity contribution in [1.29, 1.82) is 0 Å². The molecule has 0 bridgehead atoms. The first kappa shape index (κ1) is 22.0. The molecule has 0 spiro atoms. The Labute approximate surface area is 188 Å². The molecule has 0 saturated carbocycles. The van der Waals surface area contributed by atoms with Gasteiger partial charge in [-0.05, 0) is 87.7 Å². The highest BCUT2D eigenvalue weighted by Crippen LogP contribution is 2.35. The number of carbonyl (C=O) groups is 1. The van der Waals surface area contributed by atoms with E-state index in [0.29, 0.717) is 22.9 Å². The lowest BCUT2D eigenvalue weighted by Gasteiger charge is -2.49. The van der Waals surface area contributed by atoms with Crippen molar-refractivity contribution in [2.24, 2.45) is 5.73 Å². The third-order valence-electron chi connectivity index (χ3n) is 6.24. The number of hydrogen-bond donors (Lipinski definition) is 3. The van der Waals surface area contributed by atoms with E-state index in [1.807, 2.05) is 24.3 Å². The lowest BCUT2D eigenvalue weighted by Crippen LogP contribution is -2.62. The highest BCUT2D eigenvalue weighted by molar-refractivity contribution is 5.99. The summed E-state index contributed by atoms with van der Waals surface area (Å²) in [7, 11) is 2.07. The van der Waals surface area contributed by atoms with Crippen LogP contribution in [0.2, 0.25) is 0 Å². The maximum absolute atomic E-state index is 11.4. The van der Waals surface area contributed by atoms with Crippen LogP contribution >= 0.6 is 0 Å². The minimum atomic E-state index is -0.499. The number of nitrogens with one attached hydrogen (secondary N) is 1. The Kier molecular flexibility index (Phi) is 5.33. The minimum Gasteiger partial charge on any atom is -0.507 e. The smallest absolute Gasteiger partial charge is 0.248 e. The van der Waals surface area contributed by atoms with Gasteiger partial charge in [0.15, 0.2) is 5.82 Å². The van der Waals surface area contributed by atoms with Gasteiger partial charge in [-0.1, -0.05) is 6.07 Å². The molecule has 0 aliphatic carbocycles. The maximum Gasteiger partial charge on any atom is 0.248 e. The van der Waals surface area contributed by atoms with Crippen molar-refractivity contribution in [2.45, 2.75) is 57.7 Å². The van der Waals surface area contributed by atoms with E-state index in [-0.39, 0.29) is 16.8 Å². The molecule has 1 aliphatic rings. The van der Waals surface area contributed by atoms with E-state index < -0.39 is 5.91 Å². The topological polar surface area (TPSA) is 104 Å². The number of fused-ring (bicyclic) bond motifs is 1. The average Bonchev–Trinajstić information content (AvgIpc) is 2.70. The summed E-state index contributed by atoms with van der Waals surface area (Å²) in [6.45, 7) is 8.94. The molecule has 7 heteroatoms. The lowest BCUT2D eigenvalue weighted by atomic mass is 9.79. The molecule has 0 radical (unpaired) electrons. The number of phenolic OH excluding ortho intramolecular Hbond substituents is 1. The molecule has 1 aromatic heterocycles. The quantitative estimate of drug-likeness (QED) is 0.577. The largest absolute Gasteiger partial charge is 0.507 e. The van der Waals surface area contributed by atoms with E-state index >= 15 is 0 Å². The van der Waals surface area contributed by atoms with Crippen LogP contribution in [0.4, 0.5) is 5.82 Å². The second-order valence-electron chi connectivity index (χ2n) is 10.1. The number of benzene rings is 2. The predicted octanol–water partition coefficient (Wildman–Crippen LogP) is 3.85. The van der Waals surface area contributed by atoms with Crippen LogP contribution in [0.5, 0.6) is 5.75 Å². The molecular formula is C25H31N5O2. The molecule has 1 amide bonds. The van der Waals surface area contributed by atoms with Crippen LogP contribution in [0.25, 0.3) is 22.0 Å². The molecule has 3 aromatic rings. The maximum atomic E-state index is 11.4. The van der Waals surface area contributed by atoms with Crippen LogP contribution in [0.1, 0.15) is 50.9 Å². The van der Waals surface area contributed by atoms with Crippen molar-refractivity contribution in [2.75, 3.05) is 11.9 Å². The van der Waals surface area contributed by atoms with Gasteiger partial charge in [-0.3, -0.25) is 4.79 Å². The molecule has 0 unspecified atom stereocenters. The Morgan fingerprint density at radius 2 is 1.72 bits per heavy atom. The van der Waals surface area contributed by atoms with Gasteiger partial charge >= 0.3 is 0 Å². The summed E-state index contributed by atoms with van der Waals surface area (Å²) in [6.07, 6.45) is 2.02. The van der Waals surface area contributed by atoms with Gasteiger partial charge in [0.2, 0.25) is 5.91 Å². The molecule has 1 fully saturated rings. The summed E-state index contributed by atoms with van der Waals surface area (Å²) in [6, 6.07) is 12.8. The number of amides is 1. The Bertz CT molecular complexity index is 1150. The summed E-state index contributed by atoms with van der Waals surface area (Å²) < 4.78 is 0. The SMILES string of the molecule is CN(c1ccc(-c2cc3ccc(C(N)=O)cc3cc2O)nn1)C1CC(C)(C)NC(C)(C)C1. The molecular weight excluding hydrogens is 402 g/mol. The van der Waals surface area contributed by atoms with Gasteiger partial charge in [0.05, 0.1) is 5.69 Å². The van der Waals surface area contributed by atoms with Crippen LogP contribution in [0, 0.1) is 0 Å². The molecule has 32 heavy (non-hydrogen) atoms. The monoisotopic (exact) mass is 433 g/mol. The van der Waals surface area contributed by atoms with Crippen molar-refractivity contribution in [3.05, 3.63) is 48.0 Å². The highest BCUT2D eigenvalue weighted by atomic mass is 16.3. The molecule has 168 valence electrons. The second kappa shape index (κ2) is 7.74. The van der Waals surface area contributed by atoms with Crippen LogP contribution in [-0.4, -0.2) is 45.4 Å². The van der Waals surface area contributed by atoms with E-state index in [0.717, 1.165) is 29.4 Å². The van der Waals surface area contributed by atoms with Crippen molar-refractivity contribution in [3.8, 4) is 17.0 Å². The molecule has 2 heterocycles. The van der Waals surface area contributed by atoms with Gasteiger partial charge in [-0.25, -0.2) is 0 Å². The molecule has 1 saturated heterocycles. The Morgan fingerprint density at radius 3 is 2.31 bits per heavy atom. The van der Waals surface area contributed by atoms with Crippen LogP contribution in [0.15, 0.2) is 42.5 Å². The molecule has 4 rings (SSSR count). The first-order valence-corrected chi connectivity index (χ1v) is 10.9. The van der Waals surface area contributed by atoms with Gasteiger partial charge in [-0.2, -0.15) is 0 Å². The molecule has 1 aliphatic heterocycles. The van der Waals surface area contributed by atoms with E-state index in [1.165, 1.54) is 0 Å². The third-order valence-corrected chi connectivity index (χ3v) is 6.24. The Morgan fingerprint density at radius 1 is 1.03 bits per heavy atom. The Hall–Kier alpha value is -3.19. The van der Waals surface area contributed by atoms with Gasteiger partial charge < -0.3 is 21.1 Å². The predicted molar refractivity (Wildman–Crippen MR) is 128 cm³/mol. The fourth-order valence-electron chi connectivity index (χ4n) is 5.03. The van der Waals surface area contributed by atoms with Gasteiger partial charge in [0, 0.05) is 35.3 Å². The number of carbonyl (C=O) groups excluding carboxylic acids is 1. The number of aromatic hydroxyl groups is 1. The fourth-order valence-corrected chi connectivity index (χ4v) is 5.03. The van der Waals surface area contributed by atoms with E-state index in [4.69, 9.17) is 5.73 Å². The summed E-state index contributed by atoms with van der Waals surface area (Å²) in [5, 5.41) is 24.8. The number of nitrogens with zero attached hydrogens (tertiary/aromatic N) is 3. The van der Waals surface area contributed by atoms with Gasteiger partial charge in [0.1, 0.15) is 5.75 Å². The van der Waals surface area contributed by atoms with Crippen molar-refractivity contribution in [1.82, 2.24) is 15.5 Å². The standard InChI is InChI=1S/C25H31N5O2/c1-24(2)13-18(14-25(3,4)29-24)30(5)22-9-8-20(27-28-22)19-11-15-6-7-16(23(26)32)10-17(15)12-21(19)31/h6-12,18,29,31H,13-14H2,1-5H3,(H2,26,32). The number of hydrogen-bond acceptors (Lipinski definition) is 6. The number of primary amides is 1. The van der Waals surface area contributed by atoms with E-state index in [9.17, 15) is 9.90 Å². The zero-order chi connectivity index (χ0) is 23.3. The number of piperidine rings is 1. The van der Waals surface area contributed by atoms with E-state index in [1.54, 1.807) is 18.2 Å². The zero-order valence-electron chi connectivity index (χ0n) is 19.3. The molecule has 2 aromatic carbocycles. The zero-order valence-corrected chi connectivity index (χ0v) is 19.3. The first-order chi connectivity index (χ1) is 14.9.